The molecule has 1 fully saturated rings. The highest BCUT2D eigenvalue weighted by atomic mass is 16.6. The van der Waals surface area contributed by atoms with Crippen LogP contribution in [0.2, 0.25) is 0 Å². The van der Waals surface area contributed by atoms with Crippen molar-refractivity contribution in [3.05, 3.63) is 39.4 Å². The first kappa shape index (κ1) is 15.4. The van der Waals surface area contributed by atoms with Crippen LogP contribution < -0.4 is 5.32 Å². The average Bonchev–Trinajstić information content (AvgIpc) is 2.49. The van der Waals surface area contributed by atoms with Crippen molar-refractivity contribution >= 4 is 11.6 Å². The van der Waals surface area contributed by atoms with Crippen LogP contribution in [0, 0.1) is 17.0 Å². The van der Waals surface area contributed by atoms with Crippen LogP contribution in [0.1, 0.15) is 35.7 Å². The Morgan fingerprint density at radius 1 is 1.43 bits per heavy atom. The molecule has 114 valence electrons. The molecule has 2 rings (SSSR count). The van der Waals surface area contributed by atoms with Crippen LogP contribution in [0.3, 0.4) is 0 Å². The molecule has 21 heavy (non-hydrogen) atoms. The maximum atomic E-state index is 12.8. The van der Waals surface area contributed by atoms with Crippen LogP contribution in [0.25, 0.3) is 0 Å². The summed E-state index contributed by atoms with van der Waals surface area (Å²) in [6.45, 7) is 6.02. The largest absolute Gasteiger partial charge is 0.336 e. The van der Waals surface area contributed by atoms with Crippen LogP contribution in [0.15, 0.2) is 18.2 Å². The number of hydrogen-bond acceptors (Lipinski definition) is 4. The van der Waals surface area contributed by atoms with Crippen molar-refractivity contribution in [1.82, 2.24) is 10.2 Å². The molecule has 1 aliphatic rings. The predicted molar refractivity (Wildman–Crippen MR) is 80.4 cm³/mol. The van der Waals surface area contributed by atoms with Gasteiger partial charge in [0.05, 0.1) is 4.92 Å². The molecule has 1 aliphatic heterocycles. The van der Waals surface area contributed by atoms with E-state index in [0.29, 0.717) is 17.7 Å². The number of amides is 1. The molecule has 1 N–H and O–H groups in total. The maximum absolute atomic E-state index is 12.8. The Balaban J connectivity index is 2.29. The van der Waals surface area contributed by atoms with Crippen LogP contribution in [0.5, 0.6) is 0 Å². The lowest BCUT2D eigenvalue weighted by molar-refractivity contribution is -0.385. The molecule has 1 saturated heterocycles. The lowest BCUT2D eigenvalue weighted by Gasteiger charge is -2.34. The van der Waals surface area contributed by atoms with Gasteiger partial charge < -0.3 is 10.2 Å². The summed E-state index contributed by atoms with van der Waals surface area (Å²) >= 11 is 0. The second kappa shape index (κ2) is 6.67. The number of nitrogens with zero attached hydrogens (tertiary/aromatic N) is 2. The number of nitro benzene ring substituents is 1. The molecule has 6 nitrogen and oxygen atoms in total. The van der Waals surface area contributed by atoms with Crippen LogP contribution in [0.4, 0.5) is 5.69 Å². The molecule has 1 aromatic carbocycles. The molecular weight excluding hydrogens is 270 g/mol. The van der Waals surface area contributed by atoms with E-state index in [9.17, 15) is 14.9 Å². The van der Waals surface area contributed by atoms with E-state index < -0.39 is 4.92 Å². The summed E-state index contributed by atoms with van der Waals surface area (Å²) in [7, 11) is 0. The molecule has 1 amide bonds. The molecular formula is C15H21N3O3. The first-order valence-electron chi connectivity index (χ1n) is 7.32. The predicted octanol–water partition coefficient (Wildman–Crippen LogP) is 2.12. The van der Waals surface area contributed by atoms with E-state index in [1.54, 1.807) is 19.1 Å². The molecule has 0 aliphatic carbocycles. The maximum Gasteiger partial charge on any atom is 0.273 e. The Labute approximate surface area is 124 Å². The Bertz CT molecular complexity index is 539. The second-order valence-electron chi connectivity index (χ2n) is 5.28. The fourth-order valence-electron chi connectivity index (χ4n) is 2.89. The van der Waals surface area contributed by atoms with Crippen molar-refractivity contribution in [3.8, 4) is 0 Å². The van der Waals surface area contributed by atoms with Crippen molar-refractivity contribution in [2.24, 2.45) is 0 Å². The van der Waals surface area contributed by atoms with Gasteiger partial charge in [-0.2, -0.15) is 0 Å². The Morgan fingerprint density at radius 3 is 2.67 bits per heavy atom. The third-order valence-electron chi connectivity index (χ3n) is 4.08. The lowest BCUT2D eigenvalue weighted by atomic mass is 10.0. The summed E-state index contributed by atoms with van der Waals surface area (Å²) in [6.07, 6.45) is 1.85. The van der Waals surface area contributed by atoms with Crippen molar-refractivity contribution in [2.45, 2.75) is 32.7 Å². The first-order valence-corrected chi connectivity index (χ1v) is 7.32. The van der Waals surface area contributed by atoms with Gasteiger partial charge in [0.2, 0.25) is 0 Å². The van der Waals surface area contributed by atoms with Crippen LogP contribution in [-0.2, 0) is 0 Å². The molecule has 0 bridgehead atoms. The quantitative estimate of drug-likeness (QED) is 0.681. The molecule has 1 heterocycles. The summed E-state index contributed by atoms with van der Waals surface area (Å²) in [5, 5.41) is 14.3. The summed E-state index contributed by atoms with van der Waals surface area (Å²) in [6, 6.07) is 4.90. The molecule has 0 unspecified atom stereocenters. The van der Waals surface area contributed by atoms with Gasteiger partial charge >= 0.3 is 0 Å². The Hall–Kier alpha value is -1.95. The van der Waals surface area contributed by atoms with Gasteiger partial charge in [0.1, 0.15) is 0 Å². The third kappa shape index (κ3) is 3.21. The van der Waals surface area contributed by atoms with E-state index in [0.717, 1.165) is 25.9 Å². The lowest BCUT2D eigenvalue weighted by Crippen LogP contribution is -2.46. The topological polar surface area (TPSA) is 75.5 Å². The van der Waals surface area contributed by atoms with E-state index in [1.165, 1.54) is 6.07 Å². The van der Waals surface area contributed by atoms with E-state index in [-0.39, 0.29) is 17.6 Å². The van der Waals surface area contributed by atoms with Gasteiger partial charge in [-0.15, -0.1) is 0 Å². The SMILES string of the molecule is CCN(C(=O)c1cccc([N+](=O)[O-])c1C)C1CCNCC1. The minimum atomic E-state index is -0.438. The van der Waals surface area contributed by atoms with E-state index in [2.05, 4.69) is 5.32 Å². The fraction of sp³-hybridized carbons (Fsp3) is 0.533. The zero-order valence-corrected chi connectivity index (χ0v) is 12.5. The zero-order chi connectivity index (χ0) is 15.4. The standard InChI is InChI=1S/C15H21N3O3/c1-3-17(12-7-9-16-10-8-12)15(19)13-5-4-6-14(11(13)2)18(20)21/h4-6,12,16H,3,7-10H2,1-2H3. The highest BCUT2D eigenvalue weighted by Gasteiger charge is 2.27. The highest BCUT2D eigenvalue weighted by Crippen LogP contribution is 2.24. The molecule has 0 spiro atoms. The van der Waals surface area contributed by atoms with Crippen molar-refractivity contribution < 1.29 is 9.72 Å². The van der Waals surface area contributed by atoms with Gasteiger partial charge in [-0.25, -0.2) is 0 Å². The molecule has 6 heteroatoms. The molecule has 0 aromatic heterocycles. The van der Waals surface area contributed by atoms with Crippen molar-refractivity contribution in [1.29, 1.82) is 0 Å². The minimum Gasteiger partial charge on any atom is -0.336 e. The smallest absolute Gasteiger partial charge is 0.273 e. The van der Waals surface area contributed by atoms with E-state index >= 15 is 0 Å². The third-order valence-corrected chi connectivity index (χ3v) is 4.08. The monoisotopic (exact) mass is 291 g/mol. The molecule has 0 atom stereocenters. The molecule has 0 saturated carbocycles. The van der Waals surface area contributed by atoms with Crippen LogP contribution in [-0.4, -0.2) is 41.4 Å². The number of carbonyl (C=O) groups is 1. The zero-order valence-electron chi connectivity index (χ0n) is 12.5. The van der Waals surface area contributed by atoms with E-state index in [1.807, 2.05) is 11.8 Å². The second-order valence-corrected chi connectivity index (χ2v) is 5.28. The number of piperidine rings is 1. The first-order chi connectivity index (χ1) is 10.1. The Kier molecular flexibility index (Phi) is 4.90. The molecule has 0 radical (unpaired) electrons. The van der Waals surface area contributed by atoms with Gasteiger partial charge in [0.15, 0.2) is 0 Å². The van der Waals surface area contributed by atoms with E-state index in [4.69, 9.17) is 0 Å². The fourth-order valence-corrected chi connectivity index (χ4v) is 2.89. The highest BCUT2D eigenvalue weighted by molar-refractivity contribution is 5.96. The summed E-state index contributed by atoms with van der Waals surface area (Å²) in [5.41, 5.74) is 0.881. The van der Waals surface area contributed by atoms with Gasteiger partial charge in [0.25, 0.3) is 11.6 Å². The van der Waals surface area contributed by atoms with Gasteiger partial charge in [-0.1, -0.05) is 6.07 Å². The van der Waals surface area contributed by atoms with Crippen molar-refractivity contribution in [3.63, 3.8) is 0 Å². The summed E-state index contributed by atoms with van der Waals surface area (Å²) < 4.78 is 0. The Morgan fingerprint density at radius 2 is 2.10 bits per heavy atom. The van der Waals surface area contributed by atoms with Gasteiger partial charge in [0, 0.05) is 29.8 Å². The normalized spacial score (nSPS) is 15.7. The average molecular weight is 291 g/mol. The van der Waals surface area contributed by atoms with Crippen molar-refractivity contribution in [2.75, 3.05) is 19.6 Å². The number of rotatable bonds is 4. The van der Waals surface area contributed by atoms with Gasteiger partial charge in [-0.05, 0) is 45.8 Å². The number of nitrogens with one attached hydrogen (secondary N) is 1. The number of carbonyl (C=O) groups excluding carboxylic acids is 1. The summed E-state index contributed by atoms with van der Waals surface area (Å²) in [4.78, 5) is 25.2. The van der Waals surface area contributed by atoms with Gasteiger partial charge in [-0.3, -0.25) is 14.9 Å². The minimum absolute atomic E-state index is 0.00205. The number of benzene rings is 1. The number of hydrogen-bond donors (Lipinski definition) is 1. The summed E-state index contributed by atoms with van der Waals surface area (Å²) in [5.74, 6) is -0.106. The number of nitro groups is 1. The molecule has 1 aromatic rings. The van der Waals surface area contributed by atoms with Crippen LogP contribution >= 0.6 is 0 Å².